The fourth-order valence-electron chi connectivity index (χ4n) is 3.23. The van der Waals surface area contributed by atoms with Crippen LogP contribution in [0.15, 0.2) is 6.33 Å². The summed E-state index contributed by atoms with van der Waals surface area (Å²) in [4.78, 5) is 18.9. The van der Waals surface area contributed by atoms with E-state index in [0.29, 0.717) is 0 Å². The van der Waals surface area contributed by atoms with Crippen molar-refractivity contribution in [2.24, 2.45) is 5.92 Å². The average molecular weight is 278 g/mol. The summed E-state index contributed by atoms with van der Waals surface area (Å²) in [6.07, 6.45) is 6.73. The third-order valence-corrected chi connectivity index (χ3v) is 4.38. The molecular weight excluding hydrogens is 256 g/mol. The van der Waals surface area contributed by atoms with Crippen LogP contribution in [-0.4, -0.2) is 45.2 Å². The van der Waals surface area contributed by atoms with Crippen molar-refractivity contribution in [2.75, 3.05) is 13.2 Å². The first-order valence-electron chi connectivity index (χ1n) is 7.57. The molecule has 1 aromatic heterocycles. The van der Waals surface area contributed by atoms with Crippen LogP contribution in [-0.2, 0) is 9.53 Å². The van der Waals surface area contributed by atoms with Crippen LogP contribution in [0.2, 0.25) is 0 Å². The van der Waals surface area contributed by atoms with E-state index in [1.165, 1.54) is 6.33 Å². The maximum atomic E-state index is 12.6. The van der Waals surface area contributed by atoms with Gasteiger partial charge in [-0.25, -0.2) is 4.98 Å². The number of carbonyl (C=O) groups excluding carboxylic acids is 1. The normalized spacial score (nSPS) is 30.1. The highest BCUT2D eigenvalue weighted by Gasteiger charge is 2.40. The van der Waals surface area contributed by atoms with Gasteiger partial charge in [0.05, 0.1) is 12.1 Å². The summed E-state index contributed by atoms with van der Waals surface area (Å²) in [6, 6.07) is 0.0740. The van der Waals surface area contributed by atoms with E-state index in [4.69, 9.17) is 4.74 Å². The van der Waals surface area contributed by atoms with E-state index in [-0.39, 0.29) is 24.0 Å². The highest BCUT2D eigenvalue weighted by Crippen LogP contribution is 2.36. The third-order valence-electron chi connectivity index (χ3n) is 4.38. The van der Waals surface area contributed by atoms with Crippen LogP contribution in [0.5, 0.6) is 0 Å². The number of carbonyl (C=O) groups is 1. The molecule has 0 spiro atoms. The minimum Gasteiger partial charge on any atom is -0.378 e. The first-order chi connectivity index (χ1) is 9.79. The molecule has 1 aliphatic heterocycles. The van der Waals surface area contributed by atoms with Crippen molar-refractivity contribution >= 4 is 5.91 Å². The lowest BCUT2D eigenvalue weighted by molar-refractivity contribution is -0.148. The standard InChI is InChI=1S/C14H22N4O2/c1-2-20-11-7-10(8-11)14(19)18-6-4-3-5-12(18)13-15-9-16-17-13/h9-12H,2-8H2,1H3,(H,15,16,17). The Balaban J connectivity index is 1.63. The second-order valence-corrected chi connectivity index (χ2v) is 5.66. The number of amides is 1. The monoisotopic (exact) mass is 278 g/mol. The number of H-pyrrole nitrogens is 1. The maximum Gasteiger partial charge on any atom is 0.226 e. The maximum absolute atomic E-state index is 12.6. The minimum absolute atomic E-state index is 0.0740. The van der Waals surface area contributed by atoms with Gasteiger partial charge >= 0.3 is 0 Å². The van der Waals surface area contributed by atoms with Gasteiger partial charge in [-0.1, -0.05) is 0 Å². The molecule has 2 heterocycles. The molecule has 1 amide bonds. The van der Waals surface area contributed by atoms with E-state index in [1.807, 2.05) is 11.8 Å². The predicted octanol–water partition coefficient (Wildman–Crippen LogP) is 1.67. The molecule has 3 rings (SSSR count). The molecule has 0 aromatic carbocycles. The Morgan fingerprint density at radius 2 is 2.35 bits per heavy atom. The summed E-state index contributed by atoms with van der Waals surface area (Å²) in [5.74, 6) is 1.22. The molecule has 1 aliphatic carbocycles. The number of hydrogen-bond donors (Lipinski definition) is 1. The van der Waals surface area contributed by atoms with Crippen LogP contribution in [0.3, 0.4) is 0 Å². The van der Waals surface area contributed by atoms with Gasteiger partial charge in [-0.15, -0.1) is 0 Å². The SMILES string of the molecule is CCOC1CC(C(=O)N2CCCCC2c2ncn[nH]2)C1. The molecule has 1 saturated heterocycles. The highest BCUT2D eigenvalue weighted by atomic mass is 16.5. The van der Waals surface area contributed by atoms with Gasteiger partial charge in [-0.05, 0) is 39.0 Å². The highest BCUT2D eigenvalue weighted by molar-refractivity contribution is 5.80. The van der Waals surface area contributed by atoms with Crippen LogP contribution in [0.1, 0.15) is 50.9 Å². The Labute approximate surface area is 118 Å². The number of rotatable bonds is 4. The van der Waals surface area contributed by atoms with Gasteiger partial charge in [0.25, 0.3) is 0 Å². The van der Waals surface area contributed by atoms with Crippen LogP contribution in [0.4, 0.5) is 0 Å². The molecule has 1 N–H and O–H groups in total. The summed E-state index contributed by atoms with van der Waals surface area (Å²) in [5.41, 5.74) is 0. The number of likely N-dealkylation sites (tertiary alicyclic amines) is 1. The average Bonchev–Trinajstić information content (AvgIpc) is 2.96. The number of piperidine rings is 1. The van der Waals surface area contributed by atoms with Gasteiger partial charge in [0.15, 0.2) is 0 Å². The van der Waals surface area contributed by atoms with Crippen molar-refractivity contribution in [3.8, 4) is 0 Å². The minimum atomic E-state index is 0.0740. The van der Waals surface area contributed by atoms with Crippen LogP contribution >= 0.6 is 0 Å². The fourth-order valence-corrected chi connectivity index (χ4v) is 3.23. The molecule has 0 bridgehead atoms. The molecular formula is C14H22N4O2. The Hall–Kier alpha value is -1.43. The Kier molecular flexibility index (Phi) is 4.00. The summed E-state index contributed by atoms with van der Waals surface area (Å²) < 4.78 is 5.55. The molecule has 1 saturated carbocycles. The molecule has 110 valence electrons. The molecule has 0 radical (unpaired) electrons. The smallest absolute Gasteiger partial charge is 0.226 e. The predicted molar refractivity (Wildman–Crippen MR) is 72.8 cm³/mol. The quantitative estimate of drug-likeness (QED) is 0.909. The summed E-state index contributed by atoms with van der Waals surface area (Å²) >= 11 is 0. The van der Waals surface area contributed by atoms with Crippen molar-refractivity contribution in [1.29, 1.82) is 0 Å². The van der Waals surface area contributed by atoms with Crippen molar-refractivity contribution in [3.63, 3.8) is 0 Å². The van der Waals surface area contributed by atoms with Gasteiger partial charge in [0, 0.05) is 19.1 Å². The zero-order chi connectivity index (χ0) is 13.9. The Morgan fingerprint density at radius 3 is 3.05 bits per heavy atom. The van der Waals surface area contributed by atoms with Crippen LogP contribution in [0.25, 0.3) is 0 Å². The van der Waals surface area contributed by atoms with Crippen LogP contribution < -0.4 is 0 Å². The zero-order valence-corrected chi connectivity index (χ0v) is 11.9. The van der Waals surface area contributed by atoms with Gasteiger partial charge in [-0.2, -0.15) is 5.10 Å². The molecule has 2 fully saturated rings. The van der Waals surface area contributed by atoms with E-state index in [1.54, 1.807) is 0 Å². The van der Waals surface area contributed by atoms with Gasteiger partial charge in [-0.3, -0.25) is 9.89 Å². The number of aromatic nitrogens is 3. The zero-order valence-electron chi connectivity index (χ0n) is 11.9. The molecule has 6 heteroatoms. The van der Waals surface area contributed by atoms with E-state index >= 15 is 0 Å². The summed E-state index contributed by atoms with van der Waals surface area (Å²) in [7, 11) is 0. The molecule has 1 aromatic rings. The number of hydrogen-bond acceptors (Lipinski definition) is 4. The Bertz CT molecular complexity index is 442. The summed E-state index contributed by atoms with van der Waals surface area (Å²) in [6.45, 7) is 3.57. The first-order valence-corrected chi connectivity index (χ1v) is 7.57. The first kappa shape index (κ1) is 13.5. The van der Waals surface area contributed by atoms with Crippen molar-refractivity contribution in [3.05, 3.63) is 12.2 Å². The van der Waals surface area contributed by atoms with E-state index in [0.717, 1.165) is 51.1 Å². The van der Waals surface area contributed by atoms with Crippen molar-refractivity contribution in [2.45, 2.75) is 51.2 Å². The molecule has 1 unspecified atom stereocenters. The second kappa shape index (κ2) is 5.91. The molecule has 6 nitrogen and oxygen atoms in total. The van der Waals surface area contributed by atoms with E-state index in [2.05, 4.69) is 15.2 Å². The van der Waals surface area contributed by atoms with Gasteiger partial charge in [0.2, 0.25) is 5.91 Å². The summed E-state index contributed by atoms with van der Waals surface area (Å²) in [5, 5.41) is 6.83. The van der Waals surface area contributed by atoms with Crippen molar-refractivity contribution < 1.29 is 9.53 Å². The largest absolute Gasteiger partial charge is 0.378 e. The number of ether oxygens (including phenoxy) is 1. The molecule has 1 atom stereocenters. The molecule has 2 aliphatic rings. The van der Waals surface area contributed by atoms with Crippen LogP contribution in [0, 0.1) is 5.92 Å². The second-order valence-electron chi connectivity index (χ2n) is 5.66. The third kappa shape index (κ3) is 2.57. The Morgan fingerprint density at radius 1 is 1.50 bits per heavy atom. The molecule has 20 heavy (non-hydrogen) atoms. The number of nitrogens with one attached hydrogen (secondary N) is 1. The van der Waals surface area contributed by atoms with E-state index < -0.39 is 0 Å². The lowest BCUT2D eigenvalue weighted by Crippen LogP contribution is -2.47. The number of aromatic amines is 1. The topological polar surface area (TPSA) is 71.1 Å². The lowest BCUT2D eigenvalue weighted by atomic mass is 9.80. The van der Waals surface area contributed by atoms with Crippen molar-refractivity contribution in [1.82, 2.24) is 20.1 Å². The lowest BCUT2D eigenvalue weighted by Gasteiger charge is -2.41. The fraction of sp³-hybridized carbons (Fsp3) is 0.786. The van der Waals surface area contributed by atoms with Gasteiger partial charge < -0.3 is 9.64 Å². The van der Waals surface area contributed by atoms with E-state index in [9.17, 15) is 4.79 Å². The van der Waals surface area contributed by atoms with Gasteiger partial charge in [0.1, 0.15) is 12.2 Å². The number of nitrogens with zero attached hydrogens (tertiary/aromatic N) is 3.